The largest absolute Gasteiger partial charge is 0.449 e. The average Bonchev–Trinajstić information content (AvgIpc) is 3.14. The highest BCUT2D eigenvalue weighted by molar-refractivity contribution is 5.79. The van der Waals surface area contributed by atoms with Crippen molar-refractivity contribution in [2.45, 2.75) is 24.3 Å². The van der Waals surface area contributed by atoms with E-state index in [1.54, 1.807) is 0 Å². The zero-order valence-corrected chi connectivity index (χ0v) is 17.3. The highest BCUT2D eigenvalue weighted by Crippen LogP contribution is 2.44. The van der Waals surface area contributed by atoms with Crippen LogP contribution in [0.3, 0.4) is 0 Å². The molecule has 1 aliphatic carbocycles. The van der Waals surface area contributed by atoms with E-state index in [0.717, 1.165) is 28.5 Å². The van der Waals surface area contributed by atoms with E-state index in [1.165, 1.54) is 0 Å². The zero-order valence-electron chi connectivity index (χ0n) is 17.3. The molecule has 4 rings (SSSR count). The molecule has 1 aliphatic rings. The van der Waals surface area contributed by atoms with Crippen molar-refractivity contribution in [2.24, 2.45) is 0 Å². The van der Waals surface area contributed by atoms with Crippen LogP contribution < -0.4 is 5.32 Å². The number of carbonyl (C=O) groups is 1. The topological polar surface area (TPSA) is 91.7 Å². The van der Waals surface area contributed by atoms with Gasteiger partial charge in [0.1, 0.15) is 18.8 Å². The lowest BCUT2D eigenvalue weighted by Crippen LogP contribution is -2.36. The summed E-state index contributed by atoms with van der Waals surface area (Å²) in [6.45, 7) is -0.357. The number of fused-ring (bicyclic) bond motifs is 3. The molecule has 1 amide bonds. The van der Waals surface area contributed by atoms with E-state index in [4.69, 9.17) is 4.74 Å². The van der Waals surface area contributed by atoms with Crippen LogP contribution in [0.15, 0.2) is 67.0 Å². The third-order valence-electron chi connectivity index (χ3n) is 5.59. The fourth-order valence-electron chi connectivity index (χ4n) is 3.95. The number of benzene rings is 2. The standard InChI is InChI=1S/C24H21F3N2O4/c25-24(26,27)15-9-14(10-28-11-15)22(31)21(30)12-29-23(32)33-13-20-18-7-3-1-5-16(18)17-6-2-4-8-19(17)20/h1-11,20-22,30-31H,12-13H2,(H,29,32). The number of alkyl carbamates (subject to hydrolysis) is 1. The zero-order chi connectivity index (χ0) is 23.6. The van der Waals surface area contributed by atoms with E-state index in [9.17, 15) is 28.2 Å². The fourth-order valence-corrected chi connectivity index (χ4v) is 3.95. The Bertz CT molecular complexity index is 1110. The Kier molecular flexibility index (Phi) is 6.35. The van der Waals surface area contributed by atoms with Crippen molar-refractivity contribution >= 4 is 6.09 Å². The molecular weight excluding hydrogens is 437 g/mol. The van der Waals surface area contributed by atoms with E-state index in [-0.39, 0.29) is 18.1 Å². The van der Waals surface area contributed by atoms with E-state index in [0.29, 0.717) is 12.3 Å². The number of nitrogens with one attached hydrogen (secondary N) is 1. The summed E-state index contributed by atoms with van der Waals surface area (Å²) in [4.78, 5) is 15.6. The van der Waals surface area contributed by atoms with Gasteiger partial charge in [0.2, 0.25) is 0 Å². The van der Waals surface area contributed by atoms with Crippen LogP contribution in [0.5, 0.6) is 0 Å². The highest BCUT2D eigenvalue weighted by atomic mass is 19.4. The Balaban J connectivity index is 1.34. The van der Waals surface area contributed by atoms with Gasteiger partial charge < -0.3 is 20.3 Å². The molecule has 3 N–H and O–H groups in total. The lowest BCUT2D eigenvalue weighted by atomic mass is 9.98. The fraction of sp³-hybridized carbons (Fsp3) is 0.250. The number of rotatable bonds is 6. The molecule has 0 fully saturated rings. The molecule has 172 valence electrons. The molecule has 0 aliphatic heterocycles. The lowest BCUT2D eigenvalue weighted by Gasteiger charge is -2.20. The summed E-state index contributed by atoms with van der Waals surface area (Å²) in [5, 5.41) is 22.6. The number of ether oxygens (including phenoxy) is 1. The molecule has 9 heteroatoms. The number of carbonyl (C=O) groups excluding carboxylic acids is 1. The summed E-state index contributed by atoms with van der Waals surface area (Å²) in [5.41, 5.74) is 2.98. The van der Waals surface area contributed by atoms with Crippen molar-refractivity contribution in [3.63, 3.8) is 0 Å². The number of amides is 1. The van der Waals surface area contributed by atoms with Crippen LogP contribution in [0, 0.1) is 0 Å². The number of halogens is 3. The molecule has 0 bridgehead atoms. The van der Waals surface area contributed by atoms with Crippen LogP contribution in [-0.4, -0.2) is 40.5 Å². The minimum absolute atomic E-state index is 0.0655. The predicted octanol–water partition coefficient (Wildman–Crippen LogP) is 4.03. The van der Waals surface area contributed by atoms with Crippen molar-refractivity contribution in [1.29, 1.82) is 0 Å². The van der Waals surface area contributed by atoms with E-state index in [2.05, 4.69) is 10.3 Å². The normalized spacial score (nSPS) is 14.8. The monoisotopic (exact) mass is 458 g/mol. The molecule has 1 heterocycles. The van der Waals surface area contributed by atoms with Crippen molar-refractivity contribution < 1.29 is 32.9 Å². The Morgan fingerprint density at radius 3 is 2.24 bits per heavy atom. The van der Waals surface area contributed by atoms with Gasteiger partial charge in [-0.3, -0.25) is 4.98 Å². The van der Waals surface area contributed by atoms with Crippen molar-refractivity contribution in [1.82, 2.24) is 10.3 Å². The lowest BCUT2D eigenvalue weighted by molar-refractivity contribution is -0.138. The number of alkyl halides is 3. The number of hydrogen-bond donors (Lipinski definition) is 3. The maximum Gasteiger partial charge on any atom is 0.417 e. The van der Waals surface area contributed by atoms with Crippen LogP contribution in [0.2, 0.25) is 0 Å². The second-order valence-corrected chi connectivity index (χ2v) is 7.72. The van der Waals surface area contributed by atoms with E-state index in [1.807, 2.05) is 48.5 Å². The summed E-state index contributed by atoms with van der Waals surface area (Å²) in [7, 11) is 0. The molecule has 6 nitrogen and oxygen atoms in total. The number of hydrogen-bond acceptors (Lipinski definition) is 5. The Morgan fingerprint density at radius 2 is 1.64 bits per heavy atom. The Hall–Kier alpha value is -3.43. The number of nitrogens with zero attached hydrogens (tertiary/aromatic N) is 1. The smallest absolute Gasteiger partial charge is 0.417 e. The Morgan fingerprint density at radius 1 is 1.03 bits per heavy atom. The second-order valence-electron chi connectivity index (χ2n) is 7.72. The SMILES string of the molecule is O=C(NCC(O)C(O)c1cncc(C(F)(F)F)c1)OCC1c2ccccc2-c2ccccc21. The molecule has 1 aromatic heterocycles. The molecule has 2 unspecified atom stereocenters. The summed E-state index contributed by atoms with van der Waals surface area (Å²) in [5.74, 6) is -0.144. The van der Waals surface area contributed by atoms with Gasteiger partial charge in [-0.25, -0.2) is 4.79 Å². The molecule has 2 atom stereocenters. The molecular formula is C24H21F3N2O4. The van der Waals surface area contributed by atoms with Gasteiger partial charge in [-0.1, -0.05) is 48.5 Å². The summed E-state index contributed by atoms with van der Waals surface area (Å²) in [6, 6.07) is 16.4. The molecule has 0 radical (unpaired) electrons. The van der Waals surface area contributed by atoms with Crippen LogP contribution in [0.1, 0.15) is 34.3 Å². The van der Waals surface area contributed by atoms with Crippen LogP contribution >= 0.6 is 0 Å². The average molecular weight is 458 g/mol. The first-order valence-corrected chi connectivity index (χ1v) is 10.2. The molecule has 3 aromatic rings. The van der Waals surface area contributed by atoms with Gasteiger partial charge in [0, 0.05) is 30.4 Å². The number of pyridine rings is 1. The summed E-state index contributed by atoms with van der Waals surface area (Å²) >= 11 is 0. The quantitative estimate of drug-likeness (QED) is 0.519. The number of aliphatic hydroxyl groups excluding tert-OH is 2. The van der Waals surface area contributed by atoms with Gasteiger partial charge in [0.05, 0.1) is 5.56 Å². The highest BCUT2D eigenvalue weighted by Gasteiger charge is 2.32. The van der Waals surface area contributed by atoms with Crippen LogP contribution in [0.25, 0.3) is 11.1 Å². The molecule has 2 aromatic carbocycles. The van der Waals surface area contributed by atoms with Crippen LogP contribution in [-0.2, 0) is 10.9 Å². The summed E-state index contributed by atoms with van der Waals surface area (Å²) < 4.78 is 43.8. The maximum absolute atomic E-state index is 12.8. The summed E-state index contributed by atoms with van der Waals surface area (Å²) in [6.07, 6.45) is -7.03. The van der Waals surface area contributed by atoms with E-state index < -0.39 is 36.6 Å². The molecule has 0 saturated heterocycles. The first-order valence-electron chi connectivity index (χ1n) is 10.2. The van der Waals surface area contributed by atoms with Gasteiger partial charge in [-0.2, -0.15) is 13.2 Å². The van der Waals surface area contributed by atoms with Gasteiger partial charge in [-0.05, 0) is 28.3 Å². The van der Waals surface area contributed by atoms with Crippen molar-refractivity contribution in [2.75, 3.05) is 13.2 Å². The van der Waals surface area contributed by atoms with Gasteiger partial charge >= 0.3 is 12.3 Å². The van der Waals surface area contributed by atoms with Gasteiger partial charge in [-0.15, -0.1) is 0 Å². The third-order valence-corrected chi connectivity index (χ3v) is 5.59. The first-order chi connectivity index (χ1) is 15.8. The third kappa shape index (κ3) is 4.84. The van der Waals surface area contributed by atoms with Crippen LogP contribution in [0.4, 0.5) is 18.0 Å². The van der Waals surface area contributed by atoms with Crippen molar-refractivity contribution in [3.8, 4) is 11.1 Å². The predicted molar refractivity (Wildman–Crippen MR) is 113 cm³/mol. The molecule has 33 heavy (non-hydrogen) atoms. The van der Waals surface area contributed by atoms with Gasteiger partial charge in [0.15, 0.2) is 0 Å². The molecule has 0 saturated carbocycles. The maximum atomic E-state index is 12.8. The van der Waals surface area contributed by atoms with Crippen molar-refractivity contribution in [3.05, 3.63) is 89.2 Å². The second kappa shape index (κ2) is 9.21. The first kappa shape index (κ1) is 22.8. The van der Waals surface area contributed by atoms with E-state index >= 15 is 0 Å². The number of aromatic nitrogens is 1. The Labute approximate surface area is 187 Å². The minimum Gasteiger partial charge on any atom is -0.449 e. The molecule has 0 spiro atoms. The number of aliphatic hydroxyl groups is 2. The minimum atomic E-state index is -4.63. The van der Waals surface area contributed by atoms with Gasteiger partial charge in [0.25, 0.3) is 0 Å².